The van der Waals surface area contributed by atoms with Crippen molar-refractivity contribution in [3.63, 3.8) is 0 Å². The molecular formula is C26H29F2N5O3S. The van der Waals surface area contributed by atoms with Crippen molar-refractivity contribution in [2.75, 3.05) is 34.9 Å². The zero-order chi connectivity index (χ0) is 26.6. The summed E-state index contributed by atoms with van der Waals surface area (Å²) in [4.78, 5) is 18.0. The third-order valence-corrected chi connectivity index (χ3v) is 8.10. The SMILES string of the molecule is CS(=O)(=O)C1CCN(c2ccc(Nc3cc(NCc4c(F)cccc4F)c(CC(N)=O)cn3)cc2)CC1. The Labute approximate surface area is 214 Å². The molecule has 1 aliphatic rings. The van der Waals surface area contributed by atoms with Gasteiger partial charge in [-0.15, -0.1) is 0 Å². The maximum absolute atomic E-state index is 14.1. The maximum Gasteiger partial charge on any atom is 0.221 e. The van der Waals surface area contributed by atoms with Crippen LogP contribution in [0.25, 0.3) is 0 Å². The van der Waals surface area contributed by atoms with Gasteiger partial charge in [0, 0.05) is 66.3 Å². The van der Waals surface area contributed by atoms with Gasteiger partial charge in [-0.3, -0.25) is 4.79 Å². The first-order valence-corrected chi connectivity index (χ1v) is 13.8. The van der Waals surface area contributed by atoms with Crippen molar-refractivity contribution < 1.29 is 22.0 Å². The lowest BCUT2D eigenvalue weighted by molar-refractivity contribution is -0.117. The molecule has 4 rings (SSSR count). The molecule has 8 nitrogen and oxygen atoms in total. The number of primary amides is 1. The molecule has 1 amide bonds. The number of halogens is 2. The number of nitrogens with zero attached hydrogens (tertiary/aromatic N) is 2. The molecule has 4 N–H and O–H groups in total. The van der Waals surface area contributed by atoms with Crippen molar-refractivity contribution in [2.24, 2.45) is 5.73 Å². The highest BCUT2D eigenvalue weighted by Crippen LogP contribution is 2.27. The van der Waals surface area contributed by atoms with Crippen LogP contribution >= 0.6 is 0 Å². The molecule has 0 saturated carbocycles. The summed E-state index contributed by atoms with van der Waals surface area (Å²) >= 11 is 0. The molecule has 0 bridgehead atoms. The van der Waals surface area contributed by atoms with Crippen molar-refractivity contribution >= 4 is 38.6 Å². The summed E-state index contributed by atoms with van der Waals surface area (Å²) < 4.78 is 51.7. The number of aromatic nitrogens is 1. The minimum Gasteiger partial charge on any atom is -0.380 e. The number of hydrogen-bond donors (Lipinski definition) is 3. The lowest BCUT2D eigenvalue weighted by Crippen LogP contribution is -2.38. The second-order valence-electron chi connectivity index (χ2n) is 9.11. The fourth-order valence-electron chi connectivity index (χ4n) is 4.38. The van der Waals surface area contributed by atoms with Crippen LogP contribution in [0.2, 0.25) is 0 Å². The number of pyridine rings is 1. The Balaban J connectivity index is 1.46. The predicted octanol–water partition coefficient (Wildman–Crippen LogP) is 3.76. The molecule has 0 aliphatic carbocycles. The standard InChI is InChI=1S/C26H29F2N5O3S/c1-37(35,36)20-9-11-33(12-10-20)19-7-5-18(6-8-19)32-26-14-24(17(15-31-26)13-25(29)34)30-16-21-22(27)3-2-4-23(21)28/h2-8,14-15,20H,9-13,16H2,1H3,(H2,29,34)(H2,30,31,32). The van der Waals surface area contributed by atoms with E-state index in [4.69, 9.17) is 5.73 Å². The molecule has 3 aromatic rings. The Bertz CT molecular complexity index is 1360. The molecule has 2 heterocycles. The first-order chi connectivity index (χ1) is 17.6. The highest BCUT2D eigenvalue weighted by molar-refractivity contribution is 7.91. The first kappa shape index (κ1) is 26.3. The fraction of sp³-hybridized carbons (Fsp3) is 0.308. The zero-order valence-electron chi connectivity index (χ0n) is 20.4. The van der Waals surface area contributed by atoms with Gasteiger partial charge in [0.1, 0.15) is 27.3 Å². The van der Waals surface area contributed by atoms with Crippen LogP contribution in [0.15, 0.2) is 54.7 Å². The van der Waals surface area contributed by atoms with Gasteiger partial charge in [-0.25, -0.2) is 22.2 Å². The molecule has 0 radical (unpaired) electrons. The molecule has 196 valence electrons. The number of anilines is 4. The van der Waals surface area contributed by atoms with Crippen LogP contribution < -0.4 is 21.3 Å². The summed E-state index contributed by atoms with van der Waals surface area (Å²) in [5.74, 6) is -1.43. The van der Waals surface area contributed by atoms with E-state index in [2.05, 4.69) is 20.5 Å². The van der Waals surface area contributed by atoms with Gasteiger partial charge < -0.3 is 21.3 Å². The van der Waals surface area contributed by atoms with Crippen LogP contribution in [0.1, 0.15) is 24.0 Å². The number of nitrogens with one attached hydrogen (secondary N) is 2. The van der Waals surface area contributed by atoms with E-state index >= 15 is 0 Å². The van der Waals surface area contributed by atoms with Gasteiger partial charge in [0.15, 0.2) is 0 Å². The molecule has 37 heavy (non-hydrogen) atoms. The summed E-state index contributed by atoms with van der Waals surface area (Å²) in [5, 5.41) is 5.90. The third kappa shape index (κ3) is 6.73. The van der Waals surface area contributed by atoms with Crippen molar-refractivity contribution in [1.29, 1.82) is 0 Å². The van der Waals surface area contributed by atoms with Gasteiger partial charge in [0.25, 0.3) is 0 Å². The van der Waals surface area contributed by atoms with Crippen LogP contribution in [0.3, 0.4) is 0 Å². The lowest BCUT2D eigenvalue weighted by Gasteiger charge is -2.32. The van der Waals surface area contributed by atoms with Gasteiger partial charge in [-0.05, 0) is 49.2 Å². The van der Waals surface area contributed by atoms with E-state index in [0.29, 0.717) is 43.0 Å². The smallest absolute Gasteiger partial charge is 0.221 e. The molecule has 0 atom stereocenters. The normalized spacial score (nSPS) is 14.4. The molecule has 1 saturated heterocycles. The number of benzene rings is 2. The van der Waals surface area contributed by atoms with Gasteiger partial charge in [-0.1, -0.05) is 6.07 Å². The van der Waals surface area contributed by atoms with Gasteiger partial charge in [0.2, 0.25) is 5.91 Å². The molecule has 1 aliphatic heterocycles. The topological polar surface area (TPSA) is 117 Å². The maximum atomic E-state index is 14.1. The summed E-state index contributed by atoms with van der Waals surface area (Å²) in [5.41, 5.74) is 7.97. The minimum atomic E-state index is -3.02. The number of hydrogen-bond acceptors (Lipinski definition) is 7. The molecule has 1 fully saturated rings. The Morgan fingerprint density at radius 2 is 1.76 bits per heavy atom. The number of piperidine rings is 1. The molecule has 1 aromatic heterocycles. The van der Waals surface area contributed by atoms with Gasteiger partial charge >= 0.3 is 0 Å². The number of rotatable bonds is 9. The van der Waals surface area contributed by atoms with Crippen molar-refractivity contribution in [3.05, 3.63) is 77.5 Å². The van der Waals surface area contributed by atoms with E-state index in [1.54, 1.807) is 6.07 Å². The zero-order valence-corrected chi connectivity index (χ0v) is 21.2. The number of carbonyl (C=O) groups excluding carboxylic acids is 1. The van der Waals surface area contributed by atoms with E-state index in [1.165, 1.54) is 30.7 Å². The van der Waals surface area contributed by atoms with Crippen molar-refractivity contribution in [3.8, 4) is 0 Å². The number of sulfone groups is 1. The van der Waals surface area contributed by atoms with Crippen LogP contribution in [-0.2, 0) is 27.6 Å². The summed E-state index contributed by atoms with van der Waals surface area (Å²) in [7, 11) is -3.02. The Morgan fingerprint density at radius 3 is 2.35 bits per heavy atom. The molecule has 2 aromatic carbocycles. The Kier molecular flexibility index (Phi) is 7.91. The third-order valence-electron chi connectivity index (χ3n) is 6.42. The van der Waals surface area contributed by atoms with Crippen LogP contribution in [0, 0.1) is 11.6 Å². The average Bonchev–Trinajstić information content (AvgIpc) is 2.85. The predicted molar refractivity (Wildman–Crippen MR) is 141 cm³/mol. The fourth-order valence-corrected chi connectivity index (χ4v) is 5.44. The van der Waals surface area contributed by atoms with Gasteiger partial charge in [-0.2, -0.15) is 0 Å². The monoisotopic (exact) mass is 529 g/mol. The first-order valence-electron chi connectivity index (χ1n) is 11.8. The number of nitrogens with two attached hydrogens (primary N) is 1. The summed E-state index contributed by atoms with van der Waals surface area (Å²) in [6.45, 7) is 1.22. The minimum absolute atomic E-state index is 0.0832. The second kappa shape index (κ2) is 11.1. The largest absolute Gasteiger partial charge is 0.380 e. The molecule has 0 spiro atoms. The van der Waals surface area contributed by atoms with Crippen LogP contribution in [0.5, 0.6) is 0 Å². The van der Waals surface area contributed by atoms with Crippen LogP contribution in [0.4, 0.5) is 31.7 Å². The highest BCUT2D eigenvalue weighted by Gasteiger charge is 2.26. The Hall–Kier alpha value is -3.73. The molecule has 11 heteroatoms. The van der Waals surface area contributed by atoms with Crippen molar-refractivity contribution in [1.82, 2.24) is 4.98 Å². The lowest BCUT2D eigenvalue weighted by atomic mass is 10.1. The summed E-state index contributed by atoms with van der Waals surface area (Å²) in [6, 6.07) is 13.0. The van der Waals surface area contributed by atoms with Crippen LogP contribution in [-0.4, -0.2) is 43.9 Å². The number of amides is 1. The summed E-state index contributed by atoms with van der Waals surface area (Å²) in [6.07, 6.45) is 3.91. The average molecular weight is 530 g/mol. The van der Waals surface area contributed by atoms with Crippen molar-refractivity contribution in [2.45, 2.75) is 31.1 Å². The van der Waals surface area contributed by atoms with E-state index in [0.717, 1.165) is 11.4 Å². The van der Waals surface area contributed by atoms with E-state index in [9.17, 15) is 22.0 Å². The second-order valence-corrected chi connectivity index (χ2v) is 11.4. The van der Waals surface area contributed by atoms with E-state index in [1.807, 2.05) is 24.3 Å². The van der Waals surface area contributed by atoms with E-state index < -0.39 is 27.4 Å². The Morgan fingerprint density at radius 1 is 1.11 bits per heavy atom. The highest BCUT2D eigenvalue weighted by atomic mass is 32.2. The molecule has 0 unspecified atom stereocenters. The van der Waals surface area contributed by atoms with E-state index in [-0.39, 0.29) is 23.8 Å². The van der Waals surface area contributed by atoms with Gasteiger partial charge in [0.05, 0.1) is 11.7 Å². The number of carbonyl (C=O) groups is 1. The molecular weight excluding hydrogens is 500 g/mol. The quantitative estimate of drug-likeness (QED) is 0.386.